The number of aliphatic hydroxyl groups is 1. The highest BCUT2D eigenvalue weighted by molar-refractivity contribution is 5.59. The molecule has 34 heavy (non-hydrogen) atoms. The lowest BCUT2D eigenvalue weighted by Gasteiger charge is -2.40. The van der Waals surface area contributed by atoms with E-state index in [1.54, 1.807) is 19.5 Å². The van der Waals surface area contributed by atoms with E-state index in [0.717, 1.165) is 48.9 Å². The third kappa shape index (κ3) is 4.63. The predicted octanol–water partition coefficient (Wildman–Crippen LogP) is 2.53. The summed E-state index contributed by atoms with van der Waals surface area (Å²) in [5.74, 6) is 0.933. The molecule has 1 aromatic carbocycles. The SMILES string of the molecule is COc1ccccc1N1CCN([C@H]2/C(=C/c3cccnc3)O[C@H]([C@H]3COC(C)(C)O3)[C@@H]2O)CC1. The van der Waals surface area contributed by atoms with Crippen molar-refractivity contribution in [2.75, 3.05) is 44.8 Å². The van der Waals surface area contributed by atoms with Crippen LogP contribution < -0.4 is 9.64 Å². The van der Waals surface area contributed by atoms with Gasteiger partial charge in [0.05, 0.1) is 25.4 Å². The third-order valence-electron chi connectivity index (χ3n) is 6.75. The van der Waals surface area contributed by atoms with Gasteiger partial charge in [0.25, 0.3) is 0 Å². The molecule has 5 rings (SSSR count). The molecule has 3 fully saturated rings. The van der Waals surface area contributed by atoms with Crippen molar-refractivity contribution in [2.24, 2.45) is 0 Å². The Balaban J connectivity index is 1.36. The highest BCUT2D eigenvalue weighted by atomic mass is 16.8. The number of para-hydroxylation sites is 2. The van der Waals surface area contributed by atoms with Crippen molar-refractivity contribution in [1.82, 2.24) is 9.88 Å². The van der Waals surface area contributed by atoms with Gasteiger partial charge in [-0.25, -0.2) is 0 Å². The molecular formula is C26H33N3O5. The summed E-state index contributed by atoms with van der Waals surface area (Å²) in [6.07, 6.45) is 3.96. The maximum atomic E-state index is 11.5. The number of aromatic nitrogens is 1. The number of aliphatic hydroxyl groups excluding tert-OH is 1. The molecule has 0 unspecified atom stereocenters. The van der Waals surface area contributed by atoms with E-state index < -0.39 is 18.0 Å². The lowest BCUT2D eigenvalue weighted by molar-refractivity contribution is -0.156. The lowest BCUT2D eigenvalue weighted by Crippen LogP contribution is -2.54. The van der Waals surface area contributed by atoms with E-state index in [0.29, 0.717) is 6.61 Å². The molecule has 1 aromatic heterocycles. The Morgan fingerprint density at radius 1 is 1.12 bits per heavy atom. The van der Waals surface area contributed by atoms with Crippen molar-refractivity contribution in [2.45, 2.75) is 44.0 Å². The van der Waals surface area contributed by atoms with E-state index in [2.05, 4.69) is 20.9 Å². The average Bonchev–Trinajstić information content (AvgIpc) is 3.38. The van der Waals surface area contributed by atoms with Crippen LogP contribution in [0.2, 0.25) is 0 Å². The largest absolute Gasteiger partial charge is 0.495 e. The van der Waals surface area contributed by atoms with E-state index in [1.807, 2.05) is 50.3 Å². The summed E-state index contributed by atoms with van der Waals surface area (Å²) in [7, 11) is 1.70. The predicted molar refractivity (Wildman–Crippen MR) is 129 cm³/mol. The minimum Gasteiger partial charge on any atom is -0.495 e. The Kier molecular flexibility index (Phi) is 6.48. The molecule has 3 aliphatic heterocycles. The van der Waals surface area contributed by atoms with Crippen LogP contribution in [0.5, 0.6) is 5.75 Å². The summed E-state index contributed by atoms with van der Waals surface area (Å²) < 4.78 is 23.7. The fourth-order valence-electron chi connectivity index (χ4n) is 5.09. The number of pyridine rings is 1. The van der Waals surface area contributed by atoms with E-state index in [9.17, 15) is 5.11 Å². The molecule has 0 spiro atoms. The summed E-state index contributed by atoms with van der Waals surface area (Å²) >= 11 is 0. The molecule has 8 nitrogen and oxygen atoms in total. The number of hydrogen-bond acceptors (Lipinski definition) is 8. The number of nitrogens with zero attached hydrogens (tertiary/aromatic N) is 3. The molecule has 3 aliphatic rings. The summed E-state index contributed by atoms with van der Waals surface area (Å²) in [5.41, 5.74) is 2.03. The van der Waals surface area contributed by atoms with Crippen molar-refractivity contribution < 1.29 is 24.1 Å². The van der Waals surface area contributed by atoms with Gasteiger partial charge in [0.2, 0.25) is 0 Å². The first-order valence-corrected chi connectivity index (χ1v) is 11.9. The fraction of sp³-hybridized carbons (Fsp3) is 0.500. The molecule has 0 bridgehead atoms. The Labute approximate surface area is 200 Å². The Morgan fingerprint density at radius 3 is 2.59 bits per heavy atom. The van der Waals surface area contributed by atoms with Crippen LogP contribution in [0.15, 0.2) is 54.6 Å². The Bertz CT molecular complexity index is 1010. The molecule has 4 atom stereocenters. The zero-order valence-electron chi connectivity index (χ0n) is 20.0. The van der Waals surface area contributed by atoms with Gasteiger partial charge in [0.1, 0.15) is 23.7 Å². The maximum Gasteiger partial charge on any atom is 0.163 e. The quantitative estimate of drug-likeness (QED) is 0.719. The summed E-state index contributed by atoms with van der Waals surface area (Å²) in [6, 6.07) is 11.7. The molecule has 182 valence electrons. The van der Waals surface area contributed by atoms with Gasteiger partial charge in [0.15, 0.2) is 11.9 Å². The molecule has 3 saturated heterocycles. The standard InChI is InChI=1S/C26H33N3O5/c1-26(2)32-17-22(34-26)25-24(30)23(21(33-25)15-18-7-6-10-27-16-18)29-13-11-28(12-14-29)19-8-4-5-9-20(19)31-3/h4-10,15-16,22-25,30H,11-14,17H2,1-3H3/b21-15-/t22-,23+,24-,25-/m1/s1. The lowest BCUT2D eigenvalue weighted by atomic mass is 10.0. The van der Waals surface area contributed by atoms with Crippen molar-refractivity contribution in [3.63, 3.8) is 0 Å². The van der Waals surface area contributed by atoms with Crippen molar-refractivity contribution >= 4 is 11.8 Å². The van der Waals surface area contributed by atoms with Crippen molar-refractivity contribution in [3.8, 4) is 5.75 Å². The Morgan fingerprint density at radius 2 is 1.91 bits per heavy atom. The van der Waals surface area contributed by atoms with Crippen molar-refractivity contribution in [1.29, 1.82) is 0 Å². The van der Waals surface area contributed by atoms with Gasteiger partial charge < -0.3 is 29.0 Å². The molecule has 8 heteroatoms. The molecule has 0 saturated carbocycles. The van der Waals surface area contributed by atoms with Crippen LogP contribution in [0.1, 0.15) is 19.4 Å². The van der Waals surface area contributed by atoms with Crippen LogP contribution in [0, 0.1) is 0 Å². The summed E-state index contributed by atoms with van der Waals surface area (Å²) in [4.78, 5) is 8.85. The van der Waals surface area contributed by atoms with E-state index >= 15 is 0 Å². The second-order valence-corrected chi connectivity index (χ2v) is 9.41. The second-order valence-electron chi connectivity index (χ2n) is 9.41. The molecular weight excluding hydrogens is 434 g/mol. The monoisotopic (exact) mass is 467 g/mol. The summed E-state index contributed by atoms with van der Waals surface area (Å²) in [6.45, 7) is 7.38. The third-order valence-corrected chi connectivity index (χ3v) is 6.75. The smallest absolute Gasteiger partial charge is 0.163 e. The highest BCUT2D eigenvalue weighted by Crippen LogP contribution is 2.37. The van der Waals surface area contributed by atoms with Crippen LogP contribution in [0.25, 0.3) is 6.08 Å². The van der Waals surface area contributed by atoms with Gasteiger partial charge in [-0.2, -0.15) is 0 Å². The number of piperazine rings is 1. The molecule has 4 heterocycles. The molecule has 2 aromatic rings. The minimum absolute atomic E-state index is 0.266. The van der Waals surface area contributed by atoms with Crippen LogP contribution >= 0.6 is 0 Å². The van der Waals surface area contributed by atoms with E-state index in [-0.39, 0.29) is 12.1 Å². The first-order chi connectivity index (χ1) is 16.4. The fourth-order valence-corrected chi connectivity index (χ4v) is 5.09. The summed E-state index contributed by atoms with van der Waals surface area (Å²) in [5, 5.41) is 11.5. The number of methoxy groups -OCH3 is 1. The first-order valence-electron chi connectivity index (χ1n) is 11.9. The van der Waals surface area contributed by atoms with E-state index in [1.165, 1.54) is 0 Å². The second kappa shape index (κ2) is 9.54. The minimum atomic E-state index is -0.733. The normalized spacial score (nSPS) is 30.5. The van der Waals surface area contributed by atoms with Crippen LogP contribution in [-0.4, -0.2) is 85.0 Å². The zero-order chi connectivity index (χ0) is 23.7. The molecule has 1 N–H and O–H groups in total. The van der Waals surface area contributed by atoms with E-state index in [4.69, 9.17) is 18.9 Å². The van der Waals surface area contributed by atoms with Crippen LogP contribution in [0.4, 0.5) is 5.69 Å². The van der Waals surface area contributed by atoms with Gasteiger partial charge >= 0.3 is 0 Å². The van der Waals surface area contributed by atoms with Gasteiger partial charge in [-0.15, -0.1) is 0 Å². The zero-order valence-corrected chi connectivity index (χ0v) is 20.0. The number of benzene rings is 1. The average molecular weight is 468 g/mol. The molecule has 0 aliphatic carbocycles. The number of ether oxygens (including phenoxy) is 4. The molecule has 0 amide bonds. The highest BCUT2D eigenvalue weighted by Gasteiger charge is 2.51. The van der Waals surface area contributed by atoms with Gasteiger partial charge in [0, 0.05) is 38.6 Å². The Hall–Kier alpha value is -2.65. The van der Waals surface area contributed by atoms with Crippen LogP contribution in [0.3, 0.4) is 0 Å². The maximum absolute atomic E-state index is 11.5. The number of hydrogen-bond donors (Lipinski definition) is 1. The van der Waals surface area contributed by atoms with Crippen LogP contribution in [-0.2, 0) is 14.2 Å². The van der Waals surface area contributed by atoms with Gasteiger partial charge in [-0.3, -0.25) is 9.88 Å². The number of anilines is 1. The van der Waals surface area contributed by atoms with Gasteiger partial charge in [-0.05, 0) is 43.7 Å². The first kappa shape index (κ1) is 23.1. The van der Waals surface area contributed by atoms with Gasteiger partial charge in [-0.1, -0.05) is 18.2 Å². The topological polar surface area (TPSA) is 76.5 Å². The number of rotatable bonds is 5. The van der Waals surface area contributed by atoms with Crippen molar-refractivity contribution in [3.05, 3.63) is 60.1 Å². The molecule has 0 radical (unpaired) electrons.